The summed E-state index contributed by atoms with van der Waals surface area (Å²) >= 11 is 1.53. The molecule has 0 amide bonds. The second-order valence-electron chi connectivity index (χ2n) is 5.81. The van der Waals surface area contributed by atoms with Crippen molar-refractivity contribution in [3.63, 3.8) is 0 Å². The first kappa shape index (κ1) is 17.2. The van der Waals surface area contributed by atoms with Crippen LogP contribution in [0.1, 0.15) is 17.3 Å². The van der Waals surface area contributed by atoms with Crippen LogP contribution in [-0.4, -0.2) is 19.9 Å². The van der Waals surface area contributed by atoms with Gasteiger partial charge in [-0.15, -0.1) is 0 Å². The average molecular weight is 351 g/mol. The van der Waals surface area contributed by atoms with Crippen LogP contribution in [0.5, 0.6) is 0 Å². The maximum Gasteiger partial charge on any atom is 0.150 e. The molecule has 5 heteroatoms. The number of nitrogen functional groups attached to an aromatic ring is 1. The average Bonchev–Trinajstić information content (AvgIpc) is 2.66. The molecule has 0 aliphatic heterocycles. The van der Waals surface area contributed by atoms with Crippen LogP contribution >= 0.6 is 11.9 Å². The van der Waals surface area contributed by atoms with E-state index < -0.39 is 0 Å². The van der Waals surface area contributed by atoms with E-state index in [1.165, 1.54) is 11.9 Å². The second-order valence-corrected chi connectivity index (χ2v) is 6.66. The summed E-state index contributed by atoms with van der Waals surface area (Å²) in [6, 6.07) is 17.6. The molecule has 25 heavy (non-hydrogen) atoms. The number of anilines is 3. The normalized spacial score (nSPS) is 10.6. The van der Waals surface area contributed by atoms with Gasteiger partial charge in [0.25, 0.3) is 0 Å². The number of carbonyl (C=O) groups is 1. The SMILES string of the molecule is CCN(C)c1ccc(SNc2ccc(N)cc2)c2cccc(C=O)c12. The van der Waals surface area contributed by atoms with E-state index >= 15 is 0 Å². The van der Waals surface area contributed by atoms with Gasteiger partial charge in [-0.05, 0) is 60.7 Å². The molecule has 3 rings (SSSR count). The van der Waals surface area contributed by atoms with Crippen LogP contribution < -0.4 is 15.4 Å². The molecule has 0 atom stereocenters. The molecule has 3 aromatic rings. The lowest BCUT2D eigenvalue weighted by Crippen LogP contribution is -2.16. The highest BCUT2D eigenvalue weighted by Crippen LogP contribution is 2.36. The van der Waals surface area contributed by atoms with Crippen LogP contribution in [-0.2, 0) is 0 Å². The Hall–Kier alpha value is -2.66. The minimum absolute atomic E-state index is 0.711. The molecule has 0 aliphatic carbocycles. The first-order chi connectivity index (χ1) is 12.1. The van der Waals surface area contributed by atoms with Crippen molar-refractivity contribution < 1.29 is 4.79 Å². The van der Waals surface area contributed by atoms with Crippen LogP contribution in [0, 0.1) is 0 Å². The van der Waals surface area contributed by atoms with Gasteiger partial charge in [0.05, 0.1) is 0 Å². The van der Waals surface area contributed by atoms with Gasteiger partial charge in [0, 0.05) is 46.5 Å². The summed E-state index contributed by atoms with van der Waals surface area (Å²) in [5.74, 6) is 0. The summed E-state index contributed by atoms with van der Waals surface area (Å²) < 4.78 is 3.34. The van der Waals surface area contributed by atoms with Crippen molar-refractivity contribution in [2.24, 2.45) is 0 Å². The number of rotatable bonds is 6. The maximum atomic E-state index is 11.6. The molecule has 0 heterocycles. The summed E-state index contributed by atoms with van der Waals surface area (Å²) in [5.41, 5.74) is 9.22. The molecular formula is C20H21N3OS. The summed E-state index contributed by atoms with van der Waals surface area (Å²) in [5, 5.41) is 2.06. The van der Waals surface area contributed by atoms with Gasteiger partial charge in [0.15, 0.2) is 6.29 Å². The third-order valence-corrected chi connectivity index (χ3v) is 5.13. The van der Waals surface area contributed by atoms with E-state index in [0.717, 1.165) is 45.6 Å². The zero-order valence-electron chi connectivity index (χ0n) is 14.3. The Bertz CT molecular complexity index is 893. The Morgan fingerprint density at radius 3 is 2.56 bits per heavy atom. The lowest BCUT2D eigenvalue weighted by atomic mass is 10.0. The van der Waals surface area contributed by atoms with E-state index in [0.29, 0.717) is 5.56 Å². The molecule has 4 nitrogen and oxygen atoms in total. The van der Waals surface area contributed by atoms with Crippen molar-refractivity contribution in [3.8, 4) is 0 Å². The molecule has 0 saturated heterocycles. The van der Waals surface area contributed by atoms with E-state index in [1.807, 2.05) is 43.4 Å². The first-order valence-electron chi connectivity index (χ1n) is 8.14. The number of hydrogen-bond donors (Lipinski definition) is 2. The minimum atomic E-state index is 0.711. The van der Waals surface area contributed by atoms with Crippen molar-refractivity contribution in [1.29, 1.82) is 0 Å². The number of nitrogens with one attached hydrogen (secondary N) is 1. The fourth-order valence-corrected chi connectivity index (χ4v) is 3.51. The van der Waals surface area contributed by atoms with Crippen molar-refractivity contribution in [2.75, 3.05) is 28.9 Å². The first-order valence-corrected chi connectivity index (χ1v) is 8.96. The van der Waals surface area contributed by atoms with Gasteiger partial charge in [0.2, 0.25) is 0 Å². The molecule has 0 fully saturated rings. The lowest BCUT2D eigenvalue weighted by Gasteiger charge is -2.21. The summed E-state index contributed by atoms with van der Waals surface area (Å²) in [7, 11) is 2.04. The Morgan fingerprint density at radius 2 is 1.88 bits per heavy atom. The molecule has 0 radical (unpaired) electrons. The van der Waals surface area contributed by atoms with Gasteiger partial charge < -0.3 is 15.4 Å². The predicted molar refractivity (Wildman–Crippen MR) is 109 cm³/mol. The topological polar surface area (TPSA) is 58.4 Å². The Kier molecular flexibility index (Phi) is 5.14. The second kappa shape index (κ2) is 7.49. The number of hydrogen-bond acceptors (Lipinski definition) is 5. The van der Waals surface area contributed by atoms with Gasteiger partial charge in [-0.3, -0.25) is 4.79 Å². The highest BCUT2D eigenvalue weighted by atomic mass is 32.2. The molecule has 0 aliphatic rings. The van der Waals surface area contributed by atoms with Gasteiger partial charge in [-0.25, -0.2) is 0 Å². The monoisotopic (exact) mass is 351 g/mol. The maximum absolute atomic E-state index is 11.6. The quantitative estimate of drug-likeness (QED) is 0.379. The third-order valence-electron chi connectivity index (χ3n) is 4.21. The number of fused-ring (bicyclic) bond motifs is 1. The predicted octanol–water partition coefficient (Wildman–Crippen LogP) is 4.81. The molecule has 0 aromatic heterocycles. The van der Waals surface area contributed by atoms with Crippen molar-refractivity contribution in [3.05, 3.63) is 60.2 Å². The van der Waals surface area contributed by atoms with Crippen LogP contribution in [0.4, 0.5) is 17.1 Å². The Morgan fingerprint density at radius 1 is 1.12 bits per heavy atom. The molecule has 0 spiro atoms. The van der Waals surface area contributed by atoms with Gasteiger partial charge in [-0.1, -0.05) is 18.2 Å². The van der Waals surface area contributed by atoms with Crippen LogP contribution in [0.15, 0.2) is 59.5 Å². The molecular weight excluding hydrogens is 330 g/mol. The zero-order chi connectivity index (χ0) is 17.8. The van der Waals surface area contributed by atoms with Gasteiger partial charge in [-0.2, -0.15) is 0 Å². The number of carbonyl (C=O) groups excluding carboxylic acids is 1. The Balaban J connectivity index is 2.01. The fraction of sp³-hybridized carbons (Fsp3) is 0.150. The van der Waals surface area contributed by atoms with E-state index in [4.69, 9.17) is 5.73 Å². The van der Waals surface area contributed by atoms with E-state index in [-0.39, 0.29) is 0 Å². The molecule has 3 aromatic carbocycles. The van der Waals surface area contributed by atoms with Crippen molar-refractivity contribution in [1.82, 2.24) is 0 Å². The number of aldehydes is 1. The van der Waals surface area contributed by atoms with Crippen molar-refractivity contribution in [2.45, 2.75) is 11.8 Å². The Labute approximate surface area is 152 Å². The molecule has 0 saturated carbocycles. The zero-order valence-corrected chi connectivity index (χ0v) is 15.1. The smallest absolute Gasteiger partial charge is 0.150 e. The van der Waals surface area contributed by atoms with E-state index in [2.05, 4.69) is 34.7 Å². The van der Waals surface area contributed by atoms with Crippen LogP contribution in [0.3, 0.4) is 0 Å². The summed E-state index contributed by atoms with van der Waals surface area (Å²) in [4.78, 5) is 14.8. The standard InChI is InChI=1S/C20H21N3OS/c1-3-23(2)18-11-12-19(17-6-4-5-14(13-24)20(17)18)25-22-16-9-7-15(21)8-10-16/h4-13,22H,3,21H2,1-2H3. The van der Waals surface area contributed by atoms with Crippen molar-refractivity contribution >= 4 is 46.1 Å². The number of nitrogens with two attached hydrogens (primary N) is 1. The summed E-state index contributed by atoms with van der Waals surface area (Å²) in [6.07, 6.45) is 0.928. The highest BCUT2D eigenvalue weighted by Gasteiger charge is 2.12. The van der Waals surface area contributed by atoms with Gasteiger partial charge >= 0.3 is 0 Å². The molecule has 3 N–H and O–H groups in total. The van der Waals surface area contributed by atoms with E-state index in [1.54, 1.807) is 0 Å². The third kappa shape index (κ3) is 3.56. The van der Waals surface area contributed by atoms with Gasteiger partial charge in [0.1, 0.15) is 0 Å². The summed E-state index contributed by atoms with van der Waals surface area (Å²) in [6.45, 7) is 2.97. The fourth-order valence-electron chi connectivity index (χ4n) is 2.73. The molecule has 128 valence electrons. The van der Waals surface area contributed by atoms with E-state index in [9.17, 15) is 4.79 Å². The number of nitrogens with zero attached hydrogens (tertiary/aromatic N) is 1. The lowest BCUT2D eigenvalue weighted by molar-refractivity contribution is 0.112. The highest BCUT2D eigenvalue weighted by molar-refractivity contribution is 8.00. The molecule has 0 bridgehead atoms. The van der Waals surface area contributed by atoms with Crippen LogP contribution in [0.2, 0.25) is 0 Å². The molecule has 0 unspecified atom stereocenters. The number of benzene rings is 3. The van der Waals surface area contributed by atoms with Crippen LogP contribution in [0.25, 0.3) is 10.8 Å². The largest absolute Gasteiger partial charge is 0.399 e. The minimum Gasteiger partial charge on any atom is -0.399 e.